The minimum atomic E-state index is 0.201. The number of rotatable bonds is 6. The van der Waals surface area contributed by atoms with Gasteiger partial charge < -0.3 is 4.74 Å². The van der Waals surface area contributed by atoms with Gasteiger partial charge in [-0.15, -0.1) is 10.2 Å². The molecular weight excluding hydrogens is 401 g/mol. The molecule has 0 spiro atoms. The Balaban J connectivity index is 1.61. The Morgan fingerprint density at radius 3 is 2.63 bits per heavy atom. The topological polar surface area (TPSA) is 39.9 Å². The Hall–Kier alpha value is -1.53. The number of ether oxygens (including phenoxy) is 1. The average Bonchev–Trinajstić information content (AvgIpc) is 3.33. The van der Waals surface area contributed by atoms with Crippen molar-refractivity contribution in [3.05, 3.63) is 64.1 Å². The summed E-state index contributed by atoms with van der Waals surface area (Å²) in [4.78, 5) is 0. The lowest BCUT2D eigenvalue weighted by Crippen LogP contribution is -2.16. The van der Waals surface area contributed by atoms with Gasteiger partial charge in [0.2, 0.25) is 0 Å². The molecule has 1 aliphatic rings. The van der Waals surface area contributed by atoms with Crippen molar-refractivity contribution >= 4 is 35.0 Å². The van der Waals surface area contributed by atoms with Crippen LogP contribution in [0.1, 0.15) is 18.4 Å². The maximum atomic E-state index is 6.29. The number of thioether (sulfide) groups is 1. The average molecular weight is 420 g/mol. The lowest BCUT2D eigenvalue weighted by Gasteiger charge is -2.15. The zero-order chi connectivity index (χ0) is 18.6. The van der Waals surface area contributed by atoms with Crippen molar-refractivity contribution in [2.75, 3.05) is 6.61 Å². The minimum absolute atomic E-state index is 0.201. The van der Waals surface area contributed by atoms with E-state index in [-0.39, 0.29) is 6.10 Å². The molecule has 2 aromatic carbocycles. The summed E-state index contributed by atoms with van der Waals surface area (Å²) in [6.07, 6.45) is 2.37. The summed E-state index contributed by atoms with van der Waals surface area (Å²) in [5, 5.41) is 11.2. The maximum absolute atomic E-state index is 6.29. The molecule has 0 aliphatic carbocycles. The highest BCUT2D eigenvalue weighted by Gasteiger charge is 2.22. The van der Waals surface area contributed by atoms with Crippen LogP contribution in [0.3, 0.4) is 0 Å². The largest absolute Gasteiger partial charge is 0.376 e. The van der Waals surface area contributed by atoms with Crippen LogP contribution in [0.5, 0.6) is 0 Å². The normalized spacial score (nSPS) is 16.7. The third-order valence-electron chi connectivity index (χ3n) is 4.54. The molecule has 4 nitrogen and oxygen atoms in total. The highest BCUT2D eigenvalue weighted by Crippen LogP contribution is 2.30. The first kappa shape index (κ1) is 18.8. The van der Waals surface area contributed by atoms with Crippen molar-refractivity contribution in [2.24, 2.45) is 0 Å². The number of nitrogens with zero attached hydrogens (tertiary/aromatic N) is 3. The first-order chi connectivity index (χ1) is 13.2. The Morgan fingerprint density at radius 2 is 1.89 bits per heavy atom. The molecule has 0 saturated carbocycles. The van der Waals surface area contributed by atoms with Gasteiger partial charge in [0.05, 0.1) is 12.6 Å². The quantitative estimate of drug-likeness (QED) is 0.478. The molecule has 27 heavy (non-hydrogen) atoms. The second kappa shape index (κ2) is 8.65. The molecule has 0 radical (unpaired) electrons. The lowest BCUT2D eigenvalue weighted by molar-refractivity contribution is 0.0953. The molecule has 0 amide bonds. The van der Waals surface area contributed by atoms with Gasteiger partial charge in [-0.05, 0) is 48.7 Å². The molecule has 1 atom stereocenters. The van der Waals surface area contributed by atoms with Gasteiger partial charge in [0, 0.05) is 28.0 Å². The second-order valence-corrected chi connectivity index (χ2v) is 8.22. The van der Waals surface area contributed by atoms with Crippen molar-refractivity contribution in [1.82, 2.24) is 14.8 Å². The van der Waals surface area contributed by atoms with Crippen molar-refractivity contribution in [2.45, 2.75) is 36.4 Å². The molecule has 4 rings (SSSR count). The summed E-state index contributed by atoms with van der Waals surface area (Å²) in [5.74, 6) is 1.58. The van der Waals surface area contributed by atoms with Gasteiger partial charge in [-0.25, -0.2) is 0 Å². The van der Waals surface area contributed by atoms with Gasteiger partial charge in [0.15, 0.2) is 11.0 Å². The summed E-state index contributed by atoms with van der Waals surface area (Å²) in [5.41, 5.74) is 2.08. The molecule has 0 unspecified atom stereocenters. The summed E-state index contributed by atoms with van der Waals surface area (Å²) in [7, 11) is 0. The van der Waals surface area contributed by atoms with Crippen molar-refractivity contribution in [1.29, 1.82) is 0 Å². The first-order valence-electron chi connectivity index (χ1n) is 8.87. The van der Waals surface area contributed by atoms with Crippen LogP contribution in [-0.4, -0.2) is 27.5 Å². The van der Waals surface area contributed by atoms with Crippen LogP contribution in [0.15, 0.2) is 53.7 Å². The van der Waals surface area contributed by atoms with E-state index in [0.717, 1.165) is 58.9 Å². The molecule has 0 bridgehead atoms. The van der Waals surface area contributed by atoms with Crippen molar-refractivity contribution < 1.29 is 4.74 Å². The van der Waals surface area contributed by atoms with Gasteiger partial charge in [-0.2, -0.15) is 0 Å². The van der Waals surface area contributed by atoms with E-state index in [1.807, 2.05) is 48.5 Å². The summed E-state index contributed by atoms with van der Waals surface area (Å²) in [6, 6.07) is 15.6. The van der Waals surface area contributed by atoms with Gasteiger partial charge in [0.25, 0.3) is 0 Å². The third kappa shape index (κ3) is 4.49. The fourth-order valence-electron chi connectivity index (χ4n) is 3.12. The Kier molecular flexibility index (Phi) is 6.03. The smallest absolute Gasteiger partial charge is 0.191 e. The number of benzene rings is 2. The standard InChI is InChI=1S/C20H19Cl2N3OS/c21-16-9-7-14(8-10-16)19-23-24-20(25(19)12-17-5-3-11-26-17)27-13-15-4-1-2-6-18(15)22/h1-2,4,6-10,17H,3,5,11-13H2/t17-/m0/s1. The predicted molar refractivity (Wildman–Crippen MR) is 110 cm³/mol. The van der Waals surface area contributed by atoms with Crippen LogP contribution in [-0.2, 0) is 17.0 Å². The number of aromatic nitrogens is 3. The fraction of sp³-hybridized carbons (Fsp3) is 0.300. The highest BCUT2D eigenvalue weighted by atomic mass is 35.5. The molecule has 7 heteroatoms. The number of hydrogen-bond acceptors (Lipinski definition) is 4. The van der Waals surface area contributed by atoms with Crippen LogP contribution < -0.4 is 0 Å². The Morgan fingerprint density at radius 1 is 1.07 bits per heavy atom. The Bertz CT molecular complexity index is 908. The summed E-state index contributed by atoms with van der Waals surface area (Å²) in [6.45, 7) is 1.57. The molecule has 1 aliphatic heterocycles. The van der Waals surface area contributed by atoms with Crippen molar-refractivity contribution in [3.8, 4) is 11.4 Å². The maximum Gasteiger partial charge on any atom is 0.191 e. The van der Waals surface area contributed by atoms with E-state index in [0.29, 0.717) is 5.02 Å². The predicted octanol–water partition coefficient (Wildman–Crippen LogP) is 5.72. The monoisotopic (exact) mass is 419 g/mol. The minimum Gasteiger partial charge on any atom is -0.376 e. The Labute approximate surface area is 172 Å². The number of halogens is 2. The molecule has 1 fully saturated rings. The van der Waals surface area contributed by atoms with Gasteiger partial charge in [-0.1, -0.05) is 53.2 Å². The van der Waals surface area contributed by atoms with Gasteiger partial charge in [0.1, 0.15) is 0 Å². The van der Waals surface area contributed by atoms with Crippen LogP contribution in [0.25, 0.3) is 11.4 Å². The number of hydrogen-bond donors (Lipinski definition) is 0. The SMILES string of the molecule is Clc1ccc(-c2nnc(SCc3ccccc3Cl)n2C[C@@H]2CCCO2)cc1. The molecular formula is C20H19Cl2N3OS. The lowest BCUT2D eigenvalue weighted by atomic mass is 10.2. The van der Waals surface area contributed by atoms with Crippen molar-refractivity contribution in [3.63, 3.8) is 0 Å². The van der Waals surface area contributed by atoms with E-state index in [9.17, 15) is 0 Å². The summed E-state index contributed by atoms with van der Waals surface area (Å²) >= 11 is 14.0. The van der Waals surface area contributed by atoms with E-state index in [1.165, 1.54) is 0 Å². The van der Waals surface area contributed by atoms with Gasteiger partial charge >= 0.3 is 0 Å². The molecule has 3 aromatic rings. The molecule has 2 heterocycles. The van der Waals surface area contributed by atoms with E-state index in [1.54, 1.807) is 11.8 Å². The van der Waals surface area contributed by atoms with E-state index in [4.69, 9.17) is 27.9 Å². The van der Waals surface area contributed by atoms with Crippen LogP contribution in [0.4, 0.5) is 0 Å². The third-order valence-corrected chi connectivity index (χ3v) is 6.18. The molecule has 1 saturated heterocycles. The van der Waals surface area contributed by atoms with Crippen LogP contribution in [0.2, 0.25) is 10.0 Å². The molecule has 0 N–H and O–H groups in total. The first-order valence-corrected chi connectivity index (χ1v) is 10.6. The van der Waals surface area contributed by atoms with Gasteiger partial charge in [-0.3, -0.25) is 4.57 Å². The highest BCUT2D eigenvalue weighted by molar-refractivity contribution is 7.98. The molecule has 1 aromatic heterocycles. The van der Waals surface area contributed by atoms with Crippen LogP contribution >= 0.6 is 35.0 Å². The van der Waals surface area contributed by atoms with E-state index in [2.05, 4.69) is 14.8 Å². The van der Waals surface area contributed by atoms with E-state index < -0.39 is 0 Å². The zero-order valence-corrected chi connectivity index (χ0v) is 17.0. The zero-order valence-electron chi connectivity index (χ0n) is 14.6. The molecule has 140 valence electrons. The second-order valence-electron chi connectivity index (χ2n) is 6.44. The fourth-order valence-corrected chi connectivity index (χ4v) is 4.48. The van der Waals surface area contributed by atoms with Crippen LogP contribution in [0, 0.1) is 0 Å². The summed E-state index contributed by atoms with van der Waals surface area (Å²) < 4.78 is 8.00. The van der Waals surface area contributed by atoms with E-state index >= 15 is 0 Å².